The summed E-state index contributed by atoms with van der Waals surface area (Å²) in [6.45, 7) is 46.2. The van der Waals surface area contributed by atoms with Gasteiger partial charge in [-0.25, -0.2) is 0 Å². The maximum absolute atomic E-state index is 11.9. The molecule has 0 aliphatic heterocycles. The van der Waals surface area contributed by atoms with E-state index in [1.54, 1.807) is 0 Å². The lowest BCUT2D eigenvalue weighted by atomic mass is 9.97. The molecule has 2 rings (SSSR count). The first-order chi connectivity index (χ1) is 21.2. The Bertz CT molecular complexity index is 1280. The fourth-order valence-electron chi connectivity index (χ4n) is 3.96. The fourth-order valence-corrected chi connectivity index (χ4v) is 7.97. The summed E-state index contributed by atoms with van der Waals surface area (Å²) >= 11 is 0. The van der Waals surface area contributed by atoms with Gasteiger partial charge in [-0.2, -0.15) is 0 Å². The van der Waals surface area contributed by atoms with Crippen LogP contribution in [0.25, 0.3) is 0 Å². The van der Waals surface area contributed by atoms with E-state index in [-0.39, 0.29) is 20.2 Å². The molecule has 0 saturated carbocycles. The van der Waals surface area contributed by atoms with Crippen LogP contribution in [-0.2, 0) is 22.1 Å². The summed E-state index contributed by atoms with van der Waals surface area (Å²) in [6, 6.07) is 12.3. The minimum atomic E-state index is -2.11. The van der Waals surface area contributed by atoms with Gasteiger partial charge in [-0.3, -0.25) is 0 Å². The van der Waals surface area contributed by atoms with Crippen LogP contribution in [0.2, 0.25) is 72.5 Å². The average Bonchev–Trinajstić information content (AvgIpc) is 2.88. The molecule has 0 atom stereocenters. The molecule has 9 heteroatoms. The largest absolute Gasteiger partial charge is 0.543 e. The second kappa shape index (κ2) is 14.4. The van der Waals surface area contributed by atoms with Crippen LogP contribution in [0.3, 0.4) is 0 Å². The molecule has 0 saturated heterocycles. The third-order valence-electron chi connectivity index (χ3n) is 11.9. The van der Waals surface area contributed by atoms with Crippen LogP contribution in [0.4, 0.5) is 0 Å². The van der Waals surface area contributed by atoms with Crippen LogP contribution in [0, 0.1) is 0 Å². The molecule has 0 aliphatic carbocycles. The first kappa shape index (κ1) is 43.0. The predicted octanol–water partition coefficient (Wildman–Crippen LogP) is 12.6. The lowest BCUT2D eigenvalue weighted by Gasteiger charge is -2.38. The maximum Gasteiger partial charge on any atom is 0.250 e. The summed E-state index contributed by atoms with van der Waals surface area (Å²) < 4.78 is 27.2. The Morgan fingerprint density at radius 3 is 1.00 bits per heavy atom. The highest BCUT2D eigenvalue weighted by atomic mass is 28.4. The highest BCUT2D eigenvalue weighted by Crippen LogP contribution is 2.43. The van der Waals surface area contributed by atoms with Crippen LogP contribution in [0.15, 0.2) is 36.4 Å². The smallest absolute Gasteiger partial charge is 0.250 e. The van der Waals surface area contributed by atoms with E-state index in [2.05, 4.69) is 148 Å². The molecule has 274 valence electrons. The van der Waals surface area contributed by atoms with E-state index in [0.29, 0.717) is 13.2 Å². The molecule has 0 fully saturated rings. The minimum absolute atomic E-state index is 0.0554. The van der Waals surface area contributed by atoms with E-state index in [9.17, 15) is 5.11 Å². The van der Waals surface area contributed by atoms with Gasteiger partial charge in [0.2, 0.25) is 16.6 Å². The number of aliphatic hydroxyl groups is 1. The van der Waals surface area contributed by atoms with Gasteiger partial charge >= 0.3 is 0 Å². The lowest BCUT2D eigenvalue weighted by Crippen LogP contribution is -2.44. The third-order valence-corrected chi connectivity index (χ3v) is 29.6. The van der Waals surface area contributed by atoms with Crippen molar-refractivity contribution < 1.29 is 22.8 Å². The molecule has 0 radical (unpaired) electrons. The highest BCUT2D eigenvalue weighted by molar-refractivity contribution is 6.75. The van der Waals surface area contributed by atoms with Crippen molar-refractivity contribution in [3.8, 4) is 11.5 Å². The molecule has 0 aliphatic rings. The quantitative estimate of drug-likeness (QED) is 0.220. The molecular formula is C39H72O5Si4. The summed E-state index contributed by atoms with van der Waals surface area (Å²) in [5.41, 5.74) is 3.61. The van der Waals surface area contributed by atoms with E-state index < -0.39 is 39.4 Å². The molecule has 0 aromatic heterocycles. The molecule has 5 nitrogen and oxygen atoms in total. The van der Waals surface area contributed by atoms with Gasteiger partial charge in [-0.1, -0.05) is 95.2 Å². The van der Waals surface area contributed by atoms with Crippen LogP contribution in [0.5, 0.6) is 11.5 Å². The molecule has 0 spiro atoms. The molecule has 48 heavy (non-hydrogen) atoms. The van der Waals surface area contributed by atoms with E-state index in [4.69, 9.17) is 17.7 Å². The number of rotatable bonds is 12. The van der Waals surface area contributed by atoms with E-state index in [0.717, 1.165) is 33.8 Å². The van der Waals surface area contributed by atoms with E-state index in [1.807, 2.05) is 24.3 Å². The second-order valence-electron chi connectivity index (χ2n) is 20.0. The van der Waals surface area contributed by atoms with Crippen molar-refractivity contribution in [3.05, 3.63) is 58.7 Å². The van der Waals surface area contributed by atoms with Gasteiger partial charge in [0, 0.05) is 11.1 Å². The van der Waals surface area contributed by atoms with Crippen LogP contribution in [-0.4, -0.2) is 38.4 Å². The predicted molar refractivity (Wildman–Crippen MR) is 217 cm³/mol. The Kier molecular flexibility index (Phi) is 12.9. The van der Waals surface area contributed by atoms with Crippen molar-refractivity contribution in [3.63, 3.8) is 0 Å². The number of hydrogen-bond acceptors (Lipinski definition) is 5. The summed E-state index contributed by atoms with van der Waals surface area (Å²) in [6.07, 6.45) is -0.827. The lowest BCUT2D eigenvalue weighted by molar-refractivity contribution is 0.218. The molecule has 0 bridgehead atoms. The Morgan fingerprint density at radius 1 is 0.479 bits per heavy atom. The number of hydrogen-bond donors (Lipinski definition) is 1. The Morgan fingerprint density at radius 2 is 0.750 bits per heavy atom. The van der Waals surface area contributed by atoms with Crippen molar-refractivity contribution in [2.24, 2.45) is 0 Å². The standard InChI is InChI=1S/C39H72O5Si4/c1-36(2,3)45(13,14)41-27-31-25-29(21-23-33(31)43-47(17,18)38(7,8)9)35(40)30-22-24-34(44-48(19,20)39(10,11)12)32(26-30)28-42-46(15,16)37(4,5)6/h21-26,35,40H,27-28H2,1-20H3. The zero-order chi connectivity index (χ0) is 37.5. The fraction of sp³-hybridized carbons (Fsp3) is 0.692. The first-order valence-corrected chi connectivity index (χ1v) is 29.5. The molecule has 2 aromatic carbocycles. The molecule has 2 aromatic rings. The van der Waals surface area contributed by atoms with E-state index >= 15 is 0 Å². The molecular weight excluding hydrogens is 661 g/mol. The van der Waals surface area contributed by atoms with Crippen molar-refractivity contribution in [2.75, 3.05) is 0 Å². The molecule has 0 amide bonds. The summed E-state index contributed by atoms with van der Waals surface area (Å²) in [7, 11) is -8.28. The minimum Gasteiger partial charge on any atom is -0.543 e. The van der Waals surface area contributed by atoms with Gasteiger partial charge in [0.15, 0.2) is 16.6 Å². The van der Waals surface area contributed by atoms with Crippen molar-refractivity contribution in [1.82, 2.24) is 0 Å². The van der Waals surface area contributed by atoms with Crippen LogP contribution >= 0.6 is 0 Å². The molecule has 0 unspecified atom stereocenters. The van der Waals surface area contributed by atoms with Gasteiger partial charge in [0.05, 0.1) is 13.2 Å². The van der Waals surface area contributed by atoms with Gasteiger partial charge in [0.1, 0.15) is 17.6 Å². The first-order valence-electron chi connectivity index (χ1n) is 17.8. The van der Waals surface area contributed by atoms with Crippen molar-refractivity contribution >= 4 is 33.3 Å². The topological polar surface area (TPSA) is 57.2 Å². The summed E-state index contributed by atoms with van der Waals surface area (Å²) in [5, 5.41) is 12.2. The third kappa shape index (κ3) is 10.4. The average molecular weight is 733 g/mol. The Balaban J connectivity index is 2.63. The van der Waals surface area contributed by atoms with Gasteiger partial charge in [0.25, 0.3) is 0 Å². The summed E-state index contributed by atoms with van der Waals surface area (Å²) in [4.78, 5) is 0. The van der Waals surface area contributed by atoms with Gasteiger partial charge in [-0.15, -0.1) is 0 Å². The normalized spacial score (nSPS) is 14.5. The monoisotopic (exact) mass is 732 g/mol. The zero-order valence-corrected chi connectivity index (χ0v) is 38.5. The summed E-state index contributed by atoms with van der Waals surface area (Å²) in [5.74, 6) is 1.72. The van der Waals surface area contributed by atoms with Gasteiger partial charge < -0.3 is 22.8 Å². The highest BCUT2D eigenvalue weighted by Gasteiger charge is 2.42. The number of aliphatic hydroxyl groups excluding tert-OH is 1. The SMILES string of the molecule is CC(C)(C)[Si](C)(C)OCc1cc(C(O)c2ccc(O[Si](C)(C)C(C)(C)C)c(CO[Si](C)(C)C(C)(C)C)c2)ccc1O[Si](C)(C)C(C)(C)C. The van der Waals surface area contributed by atoms with E-state index in [1.165, 1.54) is 0 Å². The Hall–Kier alpha value is -1.21. The van der Waals surface area contributed by atoms with Crippen LogP contribution in [0.1, 0.15) is 111 Å². The van der Waals surface area contributed by atoms with Gasteiger partial charge in [-0.05, 0) is 108 Å². The van der Waals surface area contributed by atoms with Crippen molar-refractivity contribution in [2.45, 2.75) is 175 Å². The maximum atomic E-state index is 11.9. The second-order valence-corrected chi connectivity index (χ2v) is 39.0. The van der Waals surface area contributed by atoms with Crippen molar-refractivity contribution in [1.29, 1.82) is 0 Å². The molecule has 1 N–H and O–H groups in total. The molecule has 0 heterocycles. The number of benzene rings is 2. The zero-order valence-electron chi connectivity index (χ0n) is 34.5. The van der Waals surface area contributed by atoms with Crippen LogP contribution < -0.4 is 8.85 Å². The Labute approximate surface area is 300 Å².